The number of hydrogen-bond acceptors (Lipinski definition) is 3. The third kappa shape index (κ3) is 2.55. The van der Waals surface area contributed by atoms with Gasteiger partial charge in [-0.05, 0) is 31.0 Å². The first-order valence-corrected chi connectivity index (χ1v) is 5.58. The van der Waals surface area contributed by atoms with Crippen LogP contribution in [0.25, 0.3) is 0 Å². The standard InChI is InChI=1S/C11H15ClN2O/c12-8-1-2-10-11(7-8)13-5-3-9(14-10)4-6-15/h1-2,7,9,13-15H,3-6H2. The molecule has 3 nitrogen and oxygen atoms in total. The van der Waals surface area contributed by atoms with Crippen LogP contribution in [0.4, 0.5) is 11.4 Å². The summed E-state index contributed by atoms with van der Waals surface area (Å²) in [6.07, 6.45) is 1.79. The Morgan fingerprint density at radius 1 is 1.40 bits per heavy atom. The number of aliphatic hydroxyl groups excluding tert-OH is 1. The van der Waals surface area contributed by atoms with Gasteiger partial charge < -0.3 is 15.7 Å². The van der Waals surface area contributed by atoms with Crippen molar-refractivity contribution in [2.75, 3.05) is 23.8 Å². The molecule has 15 heavy (non-hydrogen) atoms. The van der Waals surface area contributed by atoms with Crippen LogP contribution in [0.15, 0.2) is 18.2 Å². The van der Waals surface area contributed by atoms with Gasteiger partial charge >= 0.3 is 0 Å². The van der Waals surface area contributed by atoms with Gasteiger partial charge in [0.05, 0.1) is 11.4 Å². The van der Waals surface area contributed by atoms with Gasteiger partial charge in [0, 0.05) is 24.2 Å². The number of anilines is 2. The van der Waals surface area contributed by atoms with Crippen LogP contribution in [0.3, 0.4) is 0 Å². The first-order valence-electron chi connectivity index (χ1n) is 5.20. The molecule has 0 aliphatic carbocycles. The second-order valence-corrected chi connectivity index (χ2v) is 4.20. The molecule has 1 atom stereocenters. The number of halogens is 1. The molecule has 0 spiro atoms. The summed E-state index contributed by atoms with van der Waals surface area (Å²) in [5.74, 6) is 0. The first-order chi connectivity index (χ1) is 7.29. The third-order valence-electron chi connectivity index (χ3n) is 2.63. The van der Waals surface area contributed by atoms with E-state index >= 15 is 0 Å². The Hall–Kier alpha value is -0.930. The Morgan fingerprint density at radius 3 is 3.07 bits per heavy atom. The van der Waals surface area contributed by atoms with E-state index in [2.05, 4.69) is 10.6 Å². The minimum atomic E-state index is 0.223. The highest BCUT2D eigenvalue weighted by Gasteiger charge is 2.14. The number of rotatable bonds is 2. The summed E-state index contributed by atoms with van der Waals surface area (Å²) in [5, 5.41) is 16.4. The van der Waals surface area contributed by atoms with Gasteiger partial charge in [-0.3, -0.25) is 0 Å². The summed E-state index contributed by atoms with van der Waals surface area (Å²) in [4.78, 5) is 0. The first kappa shape index (κ1) is 10.6. The molecule has 1 heterocycles. The monoisotopic (exact) mass is 226 g/mol. The Kier molecular flexibility index (Phi) is 3.34. The molecule has 1 aliphatic heterocycles. The normalized spacial score (nSPS) is 19.7. The lowest BCUT2D eigenvalue weighted by Gasteiger charge is -2.15. The molecular weight excluding hydrogens is 212 g/mol. The van der Waals surface area contributed by atoms with Crippen LogP contribution in [0, 0.1) is 0 Å². The Morgan fingerprint density at radius 2 is 2.27 bits per heavy atom. The molecule has 1 unspecified atom stereocenters. The SMILES string of the molecule is OCCC1CCNc2cc(Cl)ccc2N1. The summed E-state index contributed by atoms with van der Waals surface area (Å²) in [6.45, 7) is 1.13. The van der Waals surface area contributed by atoms with Crippen molar-refractivity contribution in [1.82, 2.24) is 0 Å². The Balaban J connectivity index is 2.18. The van der Waals surface area contributed by atoms with Crippen LogP contribution >= 0.6 is 11.6 Å². The number of fused-ring (bicyclic) bond motifs is 1. The zero-order chi connectivity index (χ0) is 10.7. The van der Waals surface area contributed by atoms with Crippen LogP contribution in [-0.4, -0.2) is 24.3 Å². The molecule has 0 saturated carbocycles. The minimum absolute atomic E-state index is 0.223. The zero-order valence-electron chi connectivity index (χ0n) is 8.46. The summed E-state index contributed by atoms with van der Waals surface area (Å²) < 4.78 is 0. The predicted molar refractivity (Wildman–Crippen MR) is 63.7 cm³/mol. The fourth-order valence-electron chi connectivity index (χ4n) is 1.83. The molecule has 0 aromatic heterocycles. The third-order valence-corrected chi connectivity index (χ3v) is 2.86. The van der Waals surface area contributed by atoms with E-state index in [1.54, 1.807) is 0 Å². The van der Waals surface area contributed by atoms with Gasteiger partial charge in [0.25, 0.3) is 0 Å². The smallest absolute Gasteiger partial charge is 0.0591 e. The maximum Gasteiger partial charge on any atom is 0.0591 e. The molecule has 4 heteroatoms. The number of aliphatic hydroxyl groups is 1. The van der Waals surface area contributed by atoms with Crippen LogP contribution in [-0.2, 0) is 0 Å². The van der Waals surface area contributed by atoms with Crippen molar-refractivity contribution in [2.24, 2.45) is 0 Å². The van der Waals surface area contributed by atoms with Crippen molar-refractivity contribution in [1.29, 1.82) is 0 Å². The highest BCUT2D eigenvalue weighted by atomic mass is 35.5. The molecule has 1 aromatic carbocycles. The van der Waals surface area contributed by atoms with Gasteiger partial charge in [0.15, 0.2) is 0 Å². The zero-order valence-corrected chi connectivity index (χ0v) is 9.22. The number of nitrogens with one attached hydrogen (secondary N) is 2. The largest absolute Gasteiger partial charge is 0.396 e. The highest BCUT2D eigenvalue weighted by molar-refractivity contribution is 6.31. The lowest BCUT2D eigenvalue weighted by atomic mass is 10.1. The van der Waals surface area contributed by atoms with Crippen molar-refractivity contribution >= 4 is 23.0 Å². The Labute approximate surface area is 94.4 Å². The van der Waals surface area contributed by atoms with Crippen molar-refractivity contribution < 1.29 is 5.11 Å². The topological polar surface area (TPSA) is 44.3 Å². The lowest BCUT2D eigenvalue weighted by Crippen LogP contribution is -2.20. The molecule has 0 fully saturated rings. The van der Waals surface area contributed by atoms with Gasteiger partial charge in [-0.25, -0.2) is 0 Å². The molecule has 0 bridgehead atoms. The summed E-state index contributed by atoms with van der Waals surface area (Å²) >= 11 is 5.92. The maximum absolute atomic E-state index is 8.92. The fraction of sp³-hybridized carbons (Fsp3) is 0.455. The molecule has 2 rings (SSSR count). The quantitative estimate of drug-likeness (QED) is 0.725. The van der Waals surface area contributed by atoms with E-state index < -0.39 is 0 Å². The van der Waals surface area contributed by atoms with E-state index in [-0.39, 0.29) is 6.61 Å². The van der Waals surface area contributed by atoms with E-state index in [0.29, 0.717) is 6.04 Å². The number of benzene rings is 1. The van der Waals surface area contributed by atoms with Gasteiger partial charge in [0.2, 0.25) is 0 Å². The molecule has 1 aromatic rings. The van der Waals surface area contributed by atoms with Crippen molar-refractivity contribution in [2.45, 2.75) is 18.9 Å². The second-order valence-electron chi connectivity index (χ2n) is 3.76. The van der Waals surface area contributed by atoms with Crippen molar-refractivity contribution in [3.8, 4) is 0 Å². The van der Waals surface area contributed by atoms with Crippen molar-refractivity contribution in [3.05, 3.63) is 23.2 Å². The molecule has 82 valence electrons. The summed E-state index contributed by atoms with van der Waals surface area (Å²) in [7, 11) is 0. The number of hydrogen-bond donors (Lipinski definition) is 3. The van der Waals surface area contributed by atoms with E-state index in [4.69, 9.17) is 16.7 Å². The maximum atomic E-state index is 8.92. The molecule has 0 radical (unpaired) electrons. The summed E-state index contributed by atoms with van der Waals surface area (Å²) in [5.41, 5.74) is 2.11. The highest BCUT2D eigenvalue weighted by Crippen LogP contribution is 2.29. The summed E-state index contributed by atoms with van der Waals surface area (Å²) in [6, 6.07) is 6.10. The second kappa shape index (κ2) is 4.73. The van der Waals surface area contributed by atoms with Gasteiger partial charge in [0.1, 0.15) is 0 Å². The van der Waals surface area contributed by atoms with E-state index in [9.17, 15) is 0 Å². The predicted octanol–water partition coefficient (Wildman–Crippen LogP) is 2.32. The van der Waals surface area contributed by atoms with E-state index in [0.717, 1.165) is 35.8 Å². The fourth-order valence-corrected chi connectivity index (χ4v) is 2.01. The molecular formula is C11H15ClN2O. The van der Waals surface area contributed by atoms with Crippen LogP contribution in [0.2, 0.25) is 5.02 Å². The van der Waals surface area contributed by atoms with E-state index in [1.165, 1.54) is 0 Å². The molecule has 3 N–H and O–H groups in total. The molecule has 1 aliphatic rings. The van der Waals surface area contributed by atoms with Gasteiger partial charge in [-0.1, -0.05) is 11.6 Å². The van der Waals surface area contributed by atoms with Gasteiger partial charge in [-0.2, -0.15) is 0 Å². The lowest BCUT2D eigenvalue weighted by molar-refractivity contribution is 0.278. The van der Waals surface area contributed by atoms with Crippen LogP contribution < -0.4 is 10.6 Å². The minimum Gasteiger partial charge on any atom is -0.396 e. The average molecular weight is 227 g/mol. The van der Waals surface area contributed by atoms with Crippen LogP contribution in [0.5, 0.6) is 0 Å². The van der Waals surface area contributed by atoms with E-state index in [1.807, 2.05) is 18.2 Å². The van der Waals surface area contributed by atoms with Crippen molar-refractivity contribution in [3.63, 3.8) is 0 Å². The molecule has 0 amide bonds. The molecule has 0 saturated heterocycles. The van der Waals surface area contributed by atoms with Crippen LogP contribution in [0.1, 0.15) is 12.8 Å². The Bertz CT molecular complexity index is 343. The average Bonchev–Trinajstić information content (AvgIpc) is 2.40. The van der Waals surface area contributed by atoms with Gasteiger partial charge in [-0.15, -0.1) is 0 Å².